The van der Waals surface area contributed by atoms with Crippen LogP contribution in [0.5, 0.6) is 0 Å². The zero-order valence-corrected chi connectivity index (χ0v) is 31.3. The molecule has 0 bridgehead atoms. The van der Waals surface area contributed by atoms with Gasteiger partial charge in [0.15, 0.2) is 6.29 Å². The Balaban J connectivity index is 2.44. The summed E-state index contributed by atoms with van der Waals surface area (Å²) >= 11 is 0. The summed E-state index contributed by atoms with van der Waals surface area (Å²) in [6.45, 7) is 3.57. The zero-order valence-electron chi connectivity index (χ0n) is 31.3. The third-order valence-electron chi connectivity index (χ3n) is 10.1. The molecule has 8 atom stereocenters. The van der Waals surface area contributed by atoms with Crippen LogP contribution in [-0.4, -0.2) is 98.7 Å². The van der Waals surface area contributed by atoms with Crippen LogP contribution >= 0.6 is 0 Å². The number of aliphatic hydroxyl groups is 6. The first-order valence-corrected chi connectivity index (χ1v) is 20.3. The molecule has 1 fully saturated rings. The maximum absolute atomic E-state index is 12.9. The van der Waals surface area contributed by atoms with Gasteiger partial charge in [-0.05, 0) is 12.8 Å². The van der Waals surface area contributed by atoms with Crippen molar-refractivity contribution < 1.29 is 44.9 Å². The Bertz CT molecular complexity index is 758. The third-order valence-corrected chi connectivity index (χ3v) is 10.1. The molecule has 1 aliphatic heterocycles. The van der Waals surface area contributed by atoms with Gasteiger partial charge in [-0.3, -0.25) is 4.79 Å². The number of aliphatic hydroxyl groups excluding tert-OH is 6. The molecule has 7 N–H and O–H groups in total. The highest BCUT2D eigenvalue weighted by Crippen LogP contribution is 2.23. The maximum Gasteiger partial charge on any atom is 0.220 e. The summed E-state index contributed by atoms with van der Waals surface area (Å²) in [6, 6.07) is -0.982. The molecule has 0 radical (unpaired) electrons. The van der Waals surface area contributed by atoms with E-state index in [0.29, 0.717) is 6.42 Å². The average Bonchev–Trinajstić information content (AvgIpc) is 3.10. The maximum atomic E-state index is 12.9. The van der Waals surface area contributed by atoms with Crippen LogP contribution in [0.15, 0.2) is 0 Å². The van der Waals surface area contributed by atoms with E-state index in [4.69, 9.17) is 9.47 Å². The first-order valence-electron chi connectivity index (χ1n) is 20.3. The summed E-state index contributed by atoms with van der Waals surface area (Å²) in [4.78, 5) is 12.9. The number of hydrogen-bond acceptors (Lipinski definition) is 9. The van der Waals surface area contributed by atoms with Crippen LogP contribution in [0, 0.1) is 0 Å². The zero-order chi connectivity index (χ0) is 36.1. The lowest BCUT2D eigenvalue weighted by molar-refractivity contribution is -0.303. The van der Waals surface area contributed by atoms with Gasteiger partial charge in [0.25, 0.3) is 0 Å². The minimum absolute atomic E-state index is 0.258. The van der Waals surface area contributed by atoms with Crippen molar-refractivity contribution in [2.75, 3.05) is 13.2 Å². The number of unbranched alkanes of at least 4 members (excludes halogenated alkanes) is 22. The van der Waals surface area contributed by atoms with E-state index in [1.54, 1.807) is 0 Å². The van der Waals surface area contributed by atoms with Crippen molar-refractivity contribution in [3.05, 3.63) is 0 Å². The number of nitrogens with one attached hydrogen (secondary N) is 1. The van der Waals surface area contributed by atoms with Crippen molar-refractivity contribution >= 4 is 5.91 Å². The average molecular weight is 704 g/mol. The van der Waals surface area contributed by atoms with E-state index >= 15 is 0 Å². The van der Waals surface area contributed by atoms with Crippen molar-refractivity contribution in [1.82, 2.24) is 5.32 Å². The van der Waals surface area contributed by atoms with E-state index < -0.39 is 55.6 Å². The number of ether oxygens (including phenoxy) is 2. The topological polar surface area (TPSA) is 169 Å². The Morgan fingerprint density at radius 3 is 1.51 bits per heavy atom. The van der Waals surface area contributed by atoms with Gasteiger partial charge in [0.1, 0.15) is 30.5 Å². The Labute approximate surface area is 298 Å². The van der Waals surface area contributed by atoms with Gasteiger partial charge in [-0.25, -0.2) is 0 Å². The molecule has 0 spiro atoms. The SMILES string of the molecule is CCCCCCCCCCCCCCCCCC(=O)N[C@@H](CO[C@@H]1O[C@H](CO)[C@H](O)C(O)C1O)[C@H](O)[C@H](O)CCCCCCCCCCC. The fraction of sp³-hybridized carbons (Fsp3) is 0.974. The number of rotatable bonds is 33. The Kier molecular flexibility index (Phi) is 29.0. The van der Waals surface area contributed by atoms with Crippen molar-refractivity contribution in [3.8, 4) is 0 Å². The summed E-state index contributed by atoms with van der Waals surface area (Å²) in [5, 5.41) is 64.7. The van der Waals surface area contributed by atoms with Gasteiger partial charge in [0.2, 0.25) is 5.91 Å². The summed E-state index contributed by atoms with van der Waals surface area (Å²) < 4.78 is 11.1. The third kappa shape index (κ3) is 22.0. The van der Waals surface area contributed by atoms with Crippen LogP contribution in [0.2, 0.25) is 0 Å². The number of amides is 1. The Hall–Kier alpha value is -0.850. The summed E-state index contributed by atoms with van der Waals surface area (Å²) in [6.07, 6.45) is 19.8. The monoisotopic (exact) mass is 704 g/mol. The molecule has 0 saturated carbocycles. The first-order chi connectivity index (χ1) is 23.8. The van der Waals surface area contributed by atoms with Crippen LogP contribution in [-0.2, 0) is 14.3 Å². The smallest absolute Gasteiger partial charge is 0.220 e. The van der Waals surface area contributed by atoms with Crippen molar-refractivity contribution in [2.45, 2.75) is 230 Å². The lowest BCUT2D eigenvalue weighted by Crippen LogP contribution is -2.60. The fourth-order valence-electron chi connectivity index (χ4n) is 6.67. The number of hydrogen-bond donors (Lipinski definition) is 7. The van der Waals surface area contributed by atoms with Crippen molar-refractivity contribution in [2.24, 2.45) is 0 Å². The number of carbonyl (C=O) groups is 1. The van der Waals surface area contributed by atoms with E-state index in [1.165, 1.54) is 103 Å². The molecule has 10 nitrogen and oxygen atoms in total. The minimum Gasteiger partial charge on any atom is -0.394 e. The van der Waals surface area contributed by atoms with Gasteiger partial charge in [-0.15, -0.1) is 0 Å². The largest absolute Gasteiger partial charge is 0.394 e. The second-order valence-corrected chi connectivity index (χ2v) is 14.6. The predicted octanol–water partition coefficient (Wildman–Crippen LogP) is 6.19. The van der Waals surface area contributed by atoms with Crippen LogP contribution < -0.4 is 5.32 Å². The molecular formula is C39H77NO9. The number of carbonyl (C=O) groups excluding carboxylic acids is 1. The molecule has 2 unspecified atom stereocenters. The molecule has 0 aromatic carbocycles. The van der Waals surface area contributed by atoms with Gasteiger partial charge < -0.3 is 45.4 Å². The van der Waals surface area contributed by atoms with Gasteiger partial charge in [-0.1, -0.05) is 162 Å². The van der Waals surface area contributed by atoms with Gasteiger partial charge in [0.05, 0.1) is 25.4 Å². The van der Waals surface area contributed by atoms with E-state index in [2.05, 4.69) is 19.2 Å². The highest BCUT2D eigenvalue weighted by Gasteiger charge is 2.44. The van der Waals surface area contributed by atoms with E-state index in [9.17, 15) is 35.4 Å². The van der Waals surface area contributed by atoms with Crippen LogP contribution in [0.1, 0.15) is 181 Å². The van der Waals surface area contributed by atoms with Crippen LogP contribution in [0.3, 0.4) is 0 Å². The van der Waals surface area contributed by atoms with Crippen molar-refractivity contribution in [1.29, 1.82) is 0 Å². The minimum atomic E-state index is -1.60. The van der Waals surface area contributed by atoms with E-state index in [1.807, 2.05) is 0 Å². The quantitative estimate of drug-likeness (QED) is 0.0394. The summed E-state index contributed by atoms with van der Waals surface area (Å²) in [5.41, 5.74) is 0. The second kappa shape index (κ2) is 30.7. The molecule has 0 aliphatic carbocycles. The molecular weight excluding hydrogens is 626 g/mol. The highest BCUT2D eigenvalue weighted by atomic mass is 16.7. The Morgan fingerprint density at radius 1 is 0.633 bits per heavy atom. The van der Waals surface area contributed by atoms with Crippen LogP contribution in [0.25, 0.3) is 0 Å². The summed E-state index contributed by atoms with van der Waals surface area (Å²) in [5.74, 6) is -0.258. The summed E-state index contributed by atoms with van der Waals surface area (Å²) in [7, 11) is 0. The molecule has 0 aromatic heterocycles. The molecule has 0 aromatic rings. The van der Waals surface area contributed by atoms with Gasteiger partial charge >= 0.3 is 0 Å². The van der Waals surface area contributed by atoms with E-state index in [-0.39, 0.29) is 18.9 Å². The lowest BCUT2D eigenvalue weighted by atomic mass is 9.98. The standard InChI is InChI=1S/C39H77NO9/c1-3-5-7-9-11-13-14-15-16-17-18-20-22-24-26-28-34(43)40-31(30-48-39-38(47)37(46)36(45)33(29-41)49-39)35(44)32(42)27-25-23-21-19-12-10-8-6-4-2/h31-33,35-39,41-42,44-47H,3-30H2,1-2H3,(H,40,43)/t31-,32+,33+,35-,36-,37?,38?,39+/m0/s1. The molecule has 1 heterocycles. The highest BCUT2D eigenvalue weighted by molar-refractivity contribution is 5.76. The van der Waals surface area contributed by atoms with Gasteiger partial charge in [0, 0.05) is 6.42 Å². The molecule has 1 aliphatic rings. The van der Waals surface area contributed by atoms with Crippen molar-refractivity contribution in [3.63, 3.8) is 0 Å². The molecule has 1 rings (SSSR count). The molecule has 292 valence electrons. The molecule has 1 amide bonds. The predicted molar refractivity (Wildman–Crippen MR) is 195 cm³/mol. The molecule has 10 heteroatoms. The normalized spacial score (nSPS) is 23.0. The fourth-order valence-corrected chi connectivity index (χ4v) is 6.67. The van der Waals surface area contributed by atoms with E-state index in [0.717, 1.165) is 51.4 Å². The van der Waals surface area contributed by atoms with Gasteiger partial charge in [-0.2, -0.15) is 0 Å². The van der Waals surface area contributed by atoms with Crippen LogP contribution in [0.4, 0.5) is 0 Å². The Morgan fingerprint density at radius 2 is 1.06 bits per heavy atom. The first kappa shape index (κ1) is 46.2. The lowest BCUT2D eigenvalue weighted by Gasteiger charge is -2.40. The molecule has 1 saturated heterocycles. The molecule has 49 heavy (non-hydrogen) atoms. The second-order valence-electron chi connectivity index (χ2n) is 14.6.